The summed E-state index contributed by atoms with van der Waals surface area (Å²) in [6, 6.07) is 7.49. The van der Waals surface area contributed by atoms with E-state index in [0.717, 1.165) is 0 Å². The topological polar surface area (TPSA) is 97.5 Å². The maximum atomic E-state index is 11.8. The van der Waals surface area contributed by atoms with Crippen molar-refractivity contribution in [2.45, 2.75) is 0 Å². The third-order valence-corrected chi connectivity index (χ3v) is 3.04. The molecule has 0 radical (unpaired) electrons. The first-order valence-corrected chi connectivity index (χ1v) is 6.87. The number of H-pyrrole nitrogens is 1. The summed E-state index contributed by atoms with van der Waals surface area (Å²) < 4.78 is 9.89. The van der Waals surface area contributed by atoms with Crippen molar-refractivity contribution in [1.29, 1.82) is 0 Å². The van der Waals surface area contributed by atoms with Crippen molar-refractivity contribution < 1.29 is 19.1 Å². The number of methoxy groups -OCH3 is 1. The minimum absolute atomic E-state index is 0.180. The number of carbonyl (C=O) groups is 2. The van der Waals surface area contributed by atoms with E-state index in [0.29, 0.717) is 16.5 Å². The number of pyridine rings is 1. The summed E-state index contributed by atoms with van der Waals surface area (Å²) in [7, 11) is 1.45. The van der Waals surface area contributed by atoms with Crippen LogP contribution in [0.4, 0.5) is 5.69 Å². The fraction of sp³-hybridized carbons (Fsp3) is 0.133. The average Bonchev–Trinajstić information content (AvgIpc) is 2.53. The van der Waals surface area contributed by atoms with Gasteiger partial charge in [-0.3, -0.25) is 9.59 Å². The van der Waals surface area contributed by atoms with Crippen molar-refractivity contribution in [3.8, 4) is 5.75 Å². The molecule has 23 heavy (non-hydrogen) atoms. The number of anilines is 1. The molecule has 0 aliphatic rings. The van der Waals surface area contributed by atoms with Gasteiger partial charge in [-0.1, -0.05) is 11.6 Å². The molecule has 1 aromatic carbocycles. The van der Waals surface area contributed by atoms with E-state index in [4.69, 9.17) is 21.1 Å². The van der Waals surface area contributed by atoms with Gasteiger partial charge in [-0.05, 0) is 30.3 Å². The van der Waals surface area contributed by atoms with Crippen LogP contribution in [0.3, 0.4) is 0 Å². The number of benzene rings is 1. The Bertz CT molecular complexity index is 787. The van der Waals surface area contributed by atoms with Crippen molar-refractivity contribution in [2.75, 3.05) is 19.0 Å². The van der Waals surface area contributed by atoms with Gasteiger partial charge in [-0.2, -0.15) is 0 Å². The first-order valence-electron chi connectivity index (χ1n) is 6.49. The van der Waals surface area contributed by atoms with Gasteiger partial charge in [0.2, 0.25) is 0 Å². The van der Waals surface area contributed by atoms with Crippen LogP contribution < -0.4 is 15.6 Å². The number of carbonyl (C=O) groups excluding carboxylic acids is 2. The number of esters is 1. The highest BCUT2D eigenvalue weighted by Gasteiger charge is 2.14. The Hall–Kier alpha value is -2.80. The van der Waals surface area contributed by atoms with Crippen LogP contribution in [0.5, 0.6) is 5.75 Å². The van der Waals surface area contributed by atoms with E-state index < -0.39 is 24.0 Å². The van der Waals surface area contributed by atoms with Crippen LogP contribution in [0.2, 0.25) is 5.02 Å². The largest absolute Gasteiger partial charge is 0.495 e. The maximum Gasteiger partial charge on any atom is 0.344 e. The lowest BCUT2D eigenvalue weighted by Crippen LogP contribution is -2.24. The number of nitrogens with one attached hydrogen (secondary N) is 2. The Balaban J connectivity index is 1.98. The normalized spacial score (nSPS) is 10.0. The molecular weight excluding hydrogens is 324 g/mol. The first kappa shape index (κ1) is 16.6. The van der Waals surface area contributed by atoms with Crippen LogP contribution in [0.25, 0.3) is 0 Å². The number of hydrogen-bond acceptors (Lipinski definition) is 5. The molecule has 0 saturated heterocycles. The second-order valence-electron chi connectivity index (χ2n) is 4.38. The third-order valence-electron chi connectivity index (χ3n) is 2.81. The molecule has 2 N–H and O–H groups in total. The van der Waals surface area contributed by atoms with Crippen LogP contribution in [-0.4, -0.2) is 30.6 Å². The van der Waals surface area contributed by atoms with E-state index >= 15 is 0 Å². The number of ether oxygens (including phenoxy) is 2. The zero-order valence-electron chi connectivity index (χ0n) is 12.1. The van der Waals surface area contributed by atoms with E-state index in [-0.39, 0.29) is 5.56 Å². The molecule has 0 saturated carbocycles. The fourth-order valence-electron chi connectivity index (χ4n) is 1.76. The summed E-state index contributed by atoms with van der Waals surface area (Å²) in [6.07, 6.45) is 1.39. The van der Waals surface area contributed by atoms with Gasteiger partial charge in [0, 0.05) is 11.2 Å². The van der Waals surface area contributed by atoms with Crippen molar-refractivity contribution in [3.63, 3.8) is 0 Å². The molecular formula is C15H13ClN2O5. The van der Waals surface area contributed by atoms with Crippen molar-refractivity contribution in [2.24, 2.45) is 0 Å². The van der Waals surface area contributed by atoms with Crippen LogP contribution >= 0.6 is 11.6 Å². The summed E-state index contributed by atoms with van der Waals surface area (Å²) in [4.78, 5) is 37.3. The first-order chi connectivity index (χ1) is 11.0. The Morgan fingerprint density at radius 1 is 1.30 bits per heavy atom. The van der Waals surface area contributed by atoms with Gasteiger partial charge < -0.3 is 19.8 Å². The minimum Gasteiger partial charge on any atom is -0.495 e. The second-order valence-corrected chi connectivity index (χ2v) is 4.82. The molecule has 2 rings (SSSR count). The SMILES string of the molecule is COc1ccc(Cl)cc1NC(=O)COC(=O)c1ccc[nH]c1=O. The van der Waals surface area contributed by atoms with Gasteiger partial charge in [0.15, 0.2) is 6.61 Å². The number of rotatable bonds is 5. The molecule has 0 fully saturated rings. The molecule has 0 aliphatic carbocycles. The van der Waals surface area contributed by atoms with Gasteiger partial charge >= 0.3 is 5.97 Å². The zero-order valence-corrected chi connectivity index (χ0v) is 12.8. The Kier molecular flexibility index (Phi) is 5.37. The highest BCUT2D eigenvalue weighted by Crippen LogP contribution is 2.27. The van der Waals surface area contributed by atoms with E-state index in [1.165, 1.54) is 31.5 Å². The molecule has 8 heteroatoms. The van der Waals surface area contributed by atoms with E-state index in [9.17, 15) is 14.4 Å². The van der Waals surface area contributed by atoms with Gasteiger partial charge in [-0.15, -0.1) is 0 Å². The number of aromatic amines is 1. The molecule has 0 aliphatic heterocycles. The van der Waals surface area contributed by atoms with Crippen LogP contribution in [-0.2, 0) is 9.53 Å². The molecule has 0 bridgehead atoms. The summed E-state index contributed by atoms with van der Waals surface area (Å²) >= 11 is 5.85. The molecule has 120 valence electrons. The Labute approximate surface area is 136 Å². The lowest BCUT2D eigenvalue weighted by atomic mass is 10.3. The monoisotopic (exact) mass is 336 g/mol. The van der Waals surface area contributed by atoms with Gasteiger partial charge in [0.05, 0.1) is 12.8 Å². The second kappa shape index (κ2) is 7.46. The Morgan fingerprint density at radius 2 is 2.09 bits per heavy atom. The average molecular weight is 337 g/mol. The number of amides is 1. The molecule has 1 heterocycles. The predicted octanol–water partition coefficient (Wildman–Crippen LogP) is 1.83. The highest BCUT2D eigenvalue weighted by molar-refractivity contribution is 6.31. The van der Waals surface area contributed by atoms with Crippen molar-refractivity contribution >= 4 is 29.2 Å². The predicted molar refractivity (Wildman–Crippen MR) is 84.0 cm³/mol. The molecule has 0 spiro atoms. The molecule has 1 aromatic heterocycles. The van der Waals surface area contributed by atoms with E-state index in [2.05, 4.69) is 10.3 Å². The lowest BCUT2D eigenvalue weighted by Gasteiger charge is -2.10. The van der Waals surface area contributed by atoms with Gasteiger partial charge in [0.1, 0.15) is 11.3 Å². The smallest absolute Gasteiger partial charge is 0.344 e. The van der Waals surface area contributed by atoms with Crippen LogP contribution in [0.15, 0.2) is 41.3 Å². The molecule has 2 aromatic rings. The zero-order chi connectivity index (χ0) is 16.8. The fourth-order valence-corrected chi connectivity index (χ4v) is 1.93. The third kappa shape index (κ3) is 4.33. The summed E-state index contributed by atoms with van der Waals surface area (Å²) in [5, 5.41) is 2.92. The van der Waals surface area contributed by atoms with Crippen LogP contribution in [0.1, 0.15) is 10.4 Å². The summed E-state index contributed by atoms with van der Waals surface area (Å²) in [5.41, 5.74) is -0.423. The van der Waals surface area contributed by atoms with E-state index in [1.807, 2.05) is 0 Å². The number of halogens is 1. The Morgan fingerprint density at radius 3 is 2.78 bits per heavy atom. The van der Waals surface area contributed by atoms with Gasteiger partial charge in [-0.25, -0.2) is 4.79 Å². The van der Waals surface area contributed by atoms with Crippen molar-refractivity contribution in [3.05, 3.63) is 57.5 Å². The van der Waals surface area contributed by atoms with E-state index in [1.54, 1.807) is 12.1 Å². The highest BCUT2D eigenvalue weighted by atomic mass is 35.5. The van der Waals surface area contributed by atoms with Crippen molar-refractivity contribution in [1.82, 2.24) is 4.98 Å². The van der Waals surface area contributed by atoms with Gasteiger partial charge in [0.25, 0.3) is 11.5 Å². The van der Waals surface area contributed by atoms with Crippen LogP contribution in [0, 0.1) is 0 Å². The number of aromatic nitrogens is 1. The molecule has 0 unspecified atom stereocenters. The quantitative estimate of drug-likeness (QED) is 0.812. The molecule has 1 amide bonds. The summed E-state index contributed by atoms with van der Waals surface area (Å²) in [6.45, 7) is -0.553. The minimum atomic E-state index is -0.889. The summed E-state index contributed by atoms with van der Waals surface area (Å²) in [5.74, 6) is -1.07. The lowest BCUT2D eigenvalue weighted by molar-refractivity contribution is -0.119. The molecule has 0 atom stereocenters. The standard InChI is InChI=1S/C15H13ClN2O5/c1-22-12-5-4-9(16)7-11(12)18-13(19)8-23-15(21)10-3-2-6-17-14(10)20/h2-7H,8H2,1H3,(H,17,20)(H,18,19). The molecule has 7 nitrogen and oxygen atoms in total. The number of hydrogen-bond donors (Lipinski definition) is 2. The maximum absolute atomic E-state index is 11.8.